The maximum atomic E-state index is 2.36. The molecule has 1 aliphatic carbocycles. The minimum atomic E-state index is 0. The molecule has 0 heterocycles. The maximum absolute atomic E-state index is 2.36. The van der Waals surface area contributed by atoms with Gasteiger partial charge in [0.25, 0.3) is 0 Å². The largest absolute Gasteiger partial charge is 0.328 e. The van der Waals surface area contributed by atoms with Crippen molar-refractivity contribution in [3.05, 3.63) is 6.42 Å². The van der Waals surface area contributed by atoms with Crippen molar-refractivity contribution in [1.82, 2.24) is 0 Å². The monoisotopic (exact) mass is 443 g/mol. The zero-order valence-corrected chi connectivity index (χ0v) is 9.59. The molecule has 2 heteroatoms. The molecular formula is C5H9Re2-. The fourth-order valence-electron chi connectivity index (χ4n) is 0.722. The van der Waals surface area contributed by atoms with Gasteiger partial charge in [-0.1, -0.05) is 12.8 Å². The van der Waals surface area contributed by atoms with Crippen molar-refractivity contribution in [2.45, 2.75) is 25.7 Å². The van der Waals surface area contributed by atoms with Crippen LogP contribution in [-0.4, -0.2) is 0 Å². The van der Waals surface area contributed by atoms with E-state index >= 15 is 0 Å². The molecule has 44 valence electrons. The molecule has 0 nitrogen and oxygen atoms in total. The molecule has 2 radical (unpaired) electrons. The summed E-state index contributed by atoms with van der Waals surface area (Å²) < 4.78 is 0. The summed E-state index contributed by atoms with van der Waals surface area (Å²) in [6.07, 6.45) is 8.00. The Bertz CT molecular complexity index is 17.7. The Morgan fingerprint density at radius 1 is 0.857 bits per heavy atom. The van der Waals surface area contributed by atoms with Crippen LogP contribution in [0.3, 0.4) is 0 Å². The molecule has 0 aromatic carbocycles. The van der Waals surface area contributed by atoms with Crippen molar-refractivity contribution >= 4 is 0 Å². The fraction of sp³-hybridized carbons (Fsp3) is 0.800. The van der Waals surface area contributed by atoms with E-state index in [4.69, 9.17) is 0 Å². The van der Waals surface area contributed by atoms with Crippen LogP contribution in [0.25, 0.3) is 0 Å². The van der Waals surface area contributed by atoms with Crippen molar-refractivity contribution < 1.29 is 40.8 Å². The predicted octanol–water partition coefficient (Wildman–Crippen LogP) is 1.76. The molecule has 0 atom stereocenters. The third kappa shape index (κ3) is 5.19. The molecule has 0 N–H and O–H groups in total. The van der Waals surface area contributed by atoms with Crippen LogP contribution in [0.5, 0.6) is 0 Å². The normalized spacial score (nSPS) is 17.1. The van der Waals surface area contributed by atoms with Gasteiger partial charge in [0.1, 0.15) is 0 Å². The Morgan fingerprint density at radius 3 is 1.43 bits per heavy atom. The second kappa shape index (κ2) is 7.32. The van der Waals surface area contributed by atoms with Gasteiger partial charge in [-0.2, -0.15) is 12.8 Å². The van der Waals surface area contributed by atoms with Crippen molar-refractivity contribution in [3.8, 4) is 0 Å². The van der Waals surface area contributed by atoms with Gasteiger partial charge in [-0.05, 0) is 0 Å². The Hall–Kier alpha value is 1.32. The zero-order valence-electron chi connectivity index (χ0n) is 4.16. The molecule has 1 saturated carbocycles. The van der Waals surface area contributed by atoms with Crippen LogP contribution in [-0.2, 0) is 40.8 Å². The Labute approximate surface area is 72.8 Å². The number of hydrogen-bond acceptors (Lipinski definition) is 0. The Morgan fingerprint density at radius 2 is 1.29 bits per heavy atom. The van der Waals surface area contributed by atoms with E-state index in [-0.39, 0.29) is 40.8 Å². The molecule has 0 aromatic rings. The molecule has 0 aliphatic heterocycles. The van der Waals surface area contributed by atoms with Gasteiger partial charge in [0, 0.05) is 40.8 Å². The molecular weight excluding hydrogens is 432 g/mol. The third-order valence-electron chi connectivity index (χ3n) is 1.07. The molecule has 7 heavy (non-hydrogen) atoms. The van der Waals surface area contributed by atoms with E-state index < -0.39 is 0 Å². The van der Waals surface area contributed by atoms with Crippen LogP contribution in [0.2, 0.25) is 0 Å². The number of hydrogen-bond donors (Lipinski definition) is 0. The fourth-order valence-corrected chi connectivity index (χ4v) is 0.722. The molecule has 1 rings (SSSR count). The zero-order chi connectivity index (χ0) is 3.54. The van der Waals surface area contributed by atoms with Crippen molar-refractivity contribution in [1.29, 1.82) is 0 Å². The predicted molar refractivity (Wildman–Crippen MR) is 22.8 cm³/mol. The van der Waals surface area contributed by atoms with Crippen LogP contribution >= 0.6 is 0 Å². The van der Waals surface area contributed by atoms with Crippen molar-refractivity contribution in [2.24, 2.45) is 0 Å². The molecule has 1 aliphatic rings. The summed E-state index contributed by atoms with van der Waals surface area (Å²) in [7, 11) is 0. The molecule has 0 amide bonds. The summed E-state index contributed by atoms with van der Waals surface area (Å²) in [6, 6.07) is 0. The average molecular weight is 442 g/mol. The van der Waals surface area contributed by atoms with E-state index in [0.29, 0.717) is 0 Å². The topological polar surface area (TPSA) is 0 Å². The van der Waals surface area contributed by atoms with Gasteiger partial charge in [0.2, 0.25) is 0 Å². The summed E-state index contributed by atoms with van der Waals surface area (Å²) in [5.41, 5.74) is 0. The standard InChI is InChI=1S/C5H9.2Re/c1-2-4-5-3-1;;/h1H,2-5H2;;/q-1;;. The first-order valence-electron chi connectivity index (χ1n) is 2.32. The average Bonchev–Trinajstić information content (AvgIpc) is 1.76. The van der Waals surface area contributed by atoms with Crippen molar-refractivity contribution in [2.75, 3.05) is 0 Å². The summed E-state index contributed by atoms with van der Waals surface area (Å²) in [5.74, 6) is 0. The van der Waals surface area contributed by atoms with Crippen LogP contribution in [0.4, 0.5) is 0 Å². The van der Waals surface area contributed by atoms with Gasteiger partial charge in [-0.15, -0.1) is 0 Å². The van der Waals surface area contributed by atoms with E-state index in [1.54, 1.807) is 0 Å². The van der Waals surface area contributed by atoms with Gasteiger partial charge in [0.15, 0.2) is 0 Å². The third-order valence-corrected chi connectivity index (χ3v) is 1.07. The van der Waals surface area contributed by atoms with Crippen molar-refractivity contribution in [3.63, 3.8) is 0 Å². The minimum absolute atomic E-state index is 0. The van der Waals surface area contributed by atoms with Crippen LogP contribution in [0.1, 0.15) is 25.7 Å². The molecule has 0 saturated heterocycles. The smallest absolute Gasteiger partial charge is 0 e. The van der Waals surface area contributed by atoms with Gasteiger partial charge in [0.05, 0.1) is 0 Å². The summed E-state index contributed by atoms with van der Waals surface area (Å²) >= 11 is 0. The van der Waals surface area contributed by atoms with E-state index in [1.807, 2.05) is 0 Å². The van der Waals surface area contributed by atoms with E-state index in [2.05, 4.69) is 6.42 Å². The molecule has 0 aromatic heterocycles. The quantitative estimate of drug-likeness (QED) is 0.503. The second-order valence-electron chi connectivity index (χ2n) is 1.57. The van der Waals surface area contributed by atoms with Gasteiger partial charge in [-0.25, -0.2) is 0 Å². The second-order valence-corrected chi connectivity index (χ2v) is 1.57. The SMILES string of the molecule is [CH-]1CCCC1.[Re].[Re]. The summed E-state index contributed by atoms with van der Waals surface area (Å²) in [4.78, 5) is 0. The van der Waals surface area contributed by atoms with Crippen LogP contribution in [0, 0.1) is 6.42 Å². The van der Waals surface area contributed by atoms with E-state index in [0.717, 1.165) is 0 Å². The molecule has 0 unspecified atom stereocenters. The van der Waals surface area contributed by atoms with Gasteiger partial charge >= 0.3 is 0 Å². The first-order valence-corrected chi connectivity index (χ1v) is 2.32. The Kier molecular flexibility index (Phi) is 11.7. The van der Waals surface area contributed by atoms with E-state index in [1.165, 1.54) is 25.7 Å². The van der Waals surface area contributed by atoms with Gasteiger partial charge in [-0.3, -0.25) is 0 Å². The molecule has 0 spiro atoms. The summed E-state index contributed by atoms with van der Waals surface area (Å²) in [5, 5.41) is 0. The van der Waals surface area contributed by atoms with E-state index in [9.17, 15) is 0 Å². The van der Waals surface area contributed by atoms with Gasteiger partial charge < -0.3 is 6.42 Å². The summed E-state index contributed by atoms with van der Waals surface area (Å²) in [6.45, 7) is 0. The first-order chi connectivity index (χ1) is 2.50. The number of rotatable bonds is 0. The molecule has 0 bridgehead atoms. The van der Waals surface area contributed by atoms with Crippen LogP contribution in [0.15, 0.2) is 0 Å². The molecule has 1 fully saturated rings. The van der Waals surface area contributed by atoms with Crippen LogP contribution < -0.4 is 0 Å². The maximum Gasteiger partial charge on any atom is 0 e. The minimum Gasteiger partial charge on any atom is -0.328 e. The first kappa shape index (κ1) is 11.2. The Balaban J connectivity index is 0.